The van der Waals surface area contributed by atoms with E-state index in [1.54, 1.807) is 12.1 Å². The summed E-state index contributed by atoms with van der Waals surface area (Å²) in [5.41, 5.74) is 0.654. The molecule has 11 heteroatoms. The zero-order chi connectivity index (χ0) is 17.1. The Morgan fingerprint density at radius 1 is 1.25 bits per heavy atom. The molecule has 2 aromatic heterocycles. The molecule has 0 aliphatic carbocycles. The Morgan fingerprint density at radius 2 is 2.00 bits per heavy atom. The maximum absolute atomic E-state index is 13.0. The highest BCUT2D eigenvalue weighted by Gasteiger charge is 2.14. The van der Waals surface area contributed by atoms with Crippen molar-refractivity contribution in [2.24, 2.45) is 0 Å². The van der Waals surface area contributed by atoms with Crippen LogP contribution < -0.4 is 5.84 Å². The second-order valence-corrected chi connectivity index (χ2v) is 5.79. The summed E-state index contributed by atoms with van der Waals surface area (Å²) >= 11 is 1.34. The molecule has 2 N–H and O–H groups in total. The minimum Gasteiger partial charge on any atom is -0.358 e. The third-order valence-electron chi connectivity index (χ3n) is 3.13. The topological polar surface area (TPSA) is 118 Å². The van der Waals surface area contributed by atoms with Crippen LogP contribution in [0.2, 0.25) is 0 Å². The highest BCUT2D eigenvalue weighted by Crippen LogP contribution is 2.22. The van der Waals surface area contributed by atoms with Gasteiger partial charge in [-0.1, -0.05) is 11.8 Å². The first kappa shape index (κ1) is 15.9. The van der Waals surface area contributed by atoms with E-state index < -0.39 is 4.92 Å². The summed E-state index contributed by atoms with van der Waals surface area (Å²) < 4.78 is 15.8. The largest absolute Gasteiger partial charge is 0.389 e. The first-order valence-corrected chi connectivity index (χ1v) is 7.80. The highest BCUT2D eigenvalue weighted by molar-refractivity contribution is 7.99. The van der Waals surface area contributed by atoms with Crippen molar-refractivity contribution in [2.45, 2.75) is 11.7 Å². The Kier molecular flexibility index (Phi) is 4.42. The quantitative estimate of drug-likeness (QED) is 0.311. The Labute approximate surface area is 139 Å². The molecule has 0 spiro atoms. The first-order chi connectivity index (χ1) is 11.5. The van der Waals surface area contributed by atoms with E-state index >= 15 is 0 Å². The fraction of sp³-hybridized carbons (Fsp3) is 0.154. The molecule has 9 nitrogen and oxygen atoms in total. The van der Waals surface area contributed by atoms with E-state index in [2.05, 4.69) is 15.3 Å². The number of rotatable bonds is 6. The third kappa shape index (κ3) is 3.35. The first-order valence-electron chi connectivity index (χ1n) is 6.81. The molecule has 0 saturated heterocycles. The summed E-state index contributed by atoms with van der Waals surface area (Å²) in [6.45, 7) is 0.456. The SMILES string of the molecule is Nn1c(SCCn2ccc([N+](=O)[O-])n2)nnc1-c1ccc(F)cc1. The number of nitrogen functional groups attached to an aromatic ring is 1. The number of nitrogens with zero attached hydrogens (tertiary/aromatic N) is 6. The predicted octanol–water partition coefficient (Wildman–Crippen LogP) is 1.70. The van der Waals surface area contributed by atoms with Gasteiger partial charge in [-0.2, -0.15) is 4.68 Å². The lowest BCUT2D eigenvalue weighted by atomic mass is 10.2. The fourth-order valence-corrected chi connectivity index (χ4v) is 2.76. The van der Waals surface area contributed by atoms with Crippen LogP contribution in [0, 0.1) is 15.9 Å². The molecule has 1 aromatic carbocycles. The van der Waals surface area contributed by atoms with Gasteiger partial charge in [-0.3, -0.25) is 0 Å². The molecule has 0 saturated carbocycles. The van der Waals surface area contributed by atoms with Gasteiger partial charge in [0, 0.05) is 11.3 Å². The number of nitrogens with two attached hydrogens (primary N) is 1. The monoisotopic (exact) mass is 349 g/mol. The Morgan fingerprint density at radius 3 is 2.67 bits per heavy atom. The van der Waals surface area contributed by atoms with Gasteiger partial charge in [-0.05, 0) is 29.2 Å². The van der Waals surface area contributed by atoms with E-state index in [1.165, 1.54) is 45.5 Å². The highest BCUT2D eigenvalue weighted by atomic mass is 32.2. The number of aromatic nitrogens is 5. The maximum Gasteiger partial charge on any atom is 0.389 e. The summed E-state index contributed by atoms with van der Waals surface area (Å²) in [4.78, 5) is 10.0. The number of nitro groups is 1. The fourth-order valence-electron chi connectivity index (χ4n) is 1.97. The van der Waals surface area contributed by atoms with Crippen molar-refractivity contribution < 1.29 is 9.31 Å². The van der Waals surface area contributed by atoms with Crippen molar-refractivity contribution >= 4 is 17.6 Å². The summed E-state index contributed by atoms with van der Waals surface area (Å²) in [6.07, 6.45) is 1.54. The van der Waals surface area contributed by atoms with Gasteiger partial charge < -0.3 is 16.0 Å². The van der Waals surface area contributed by atoms with Crippen molar-refractivity contribution in [3.05, 3.63) is 52.5 Å². The molecule has 2 heterocycles. The van der Waals surface area contributed by atoms with Crippen LogP contribution >= 0.6 is 11.8 Å². The molecule has 0 unspecified atom stereocenters. The van der Waals surface area contributed by atoms with E-state index in [1.807, 2.05) is 0 Å². The molecule has 0 aliphatic rings. The zero-order valence-electron chi connectivity index (χ0n) is 12.2. The van der Waals surface area contributed by atoms with Crippen LogP contribution in [0.15, 0.2) is 41.7 Å². The smallest absolute Gasteiger partial charge is 0.358 e. The molecule has 0 bridgehead atoms. The van der Waals surface area contributed by atoms with E-state index in [-0.39, 0.29) is 11.6 Å². The Balaban J connectivity index is 1.63. The molecule has 0 atom stereocenters. The van der Waals surface area contributed by atoms with Crippen molar-refractivity contribution in [1.82, 2.24) is 24.7 Å². The molecular formula is C13H12FN7O2S. The van der Waals surface area contributed by atoms with Crippen LogP contribution in [0.25, 0.3) is 11.4 Å². The number of aryl methyl sites for hydroxylation is 1. The zero-order valence-corrected chi connectivity index (χ0v) is 13.1. The maximum atomic E-state index is 13.0. The standard InChI is InChI=1S/C13H12FN7O2S/c14-10-3-1-9(2-4-10)12-16-17-13(20(12)15)24-8-7-19-6-5-11(18-19)21(22)23/h1-6H,7-8,15H2. The van der Waals surface area contributed by atoms with Crippen molar-refractivity contribution in [3.63, 3.8) is 0 Å². The second kappa shape index (κ2) is 6.66. The lowest BCUT2D eigenvalue weighted by Crippen LogP contribution is -2.12. The lowest BCUT2D eigenvalue weighted by Gasteiger charge is -2.03. The minimum atomic E-state index is -0.547. The number of halogens is 1. The Hall–Kier alpha value is -2.95. The van der Waals surface area contributed by atoms with Crippen LogP contribution in [0.3, 0.4) is 0 Å². The van der Waals surface area contributed by atoms with Gasteiger partial charge >= 0.3 is 5.82 Å². The summed E-state index contributed by atoms with van der Waals surface area (Å²) in [6, 6.07) is 7.12. The van der Waals surface area contributed by atoms with Crippen LogP contribution in [-0.2, 0) is 6.54 Å². The molecule has 24 heavy (non-hydrogen) atoms. The van der Waals surface area contributed by atoms with E-state index in [0.717, 1.165) is 0 Å². The number of hydrogen-bond donors (Lipinski definition) is 1. The van der Waals surface area contributed by atoms with Crippen molar-refractivity contribution in [2.75, 3.05) is 11.6 Å². The van der Waals surface area contributed by atoms with Gasteiger partial charge in [0.15, 0.2) is 5.82 Å². The normalized spacial score (nSPS) is 10.9. The summed E-state index contributed by atoms with van der Waals surface area (Å²) in [5.74, 6) is 6.40. The van der Waals surface area contributed by atoms with Crippen LogP contribution in [0.4, 0.5) is 10.2 Å². The number of thioether (sulfide) groups is 1. The summed E-state index contributed by atoms with van der Waals surface area (Å²) in [7, 11) is 0. The average molecular weight is 349 g/mol. The number of benzene rings is 1. The van der Waals surface area contributed by atoms with Gasteiger partial charge in [0.25, 0.3) is 0 Å². The molecule has 3 rings (SSSR count). The van der Waals surface area contributed by atoms with Crippen LogP contribution in [0.5, 0.6) is 0 Å². The second-order valence-electron chi connectivity index (χ2n) is 4.73. The predicted molar refractivity (Wildman–Crippen MR) is 85.2 cm³/mol. The van der Waals surface area contributed by atoms with Gasteiger partial charge in [-0.15, -0.1) is 10.2 Å². The van der Waals surface area contributed by atoms with Gasteiger partial charge in [0.05, 0.1) is 23.9 Å². The van der Waals surface area contributed by atoms with E-state index in [9.17, 15) is 14.5 Å². The number of hydrogen-bond acceptors (Lipinski definition) is 7. The average Bonchev–Trinajstić information content (AvgIpc) is 3.17. The molecular weight excluding hydrogens is 337 g/mol. The lowest BCUT2D eigenvalue weighted by molar-refractivity contribution is -0.389. The van der Waals surface area contributed by atoms with Gasteiger partial charge in [0.1, 0.15) is 5.82 Å². The van der Waals surface area contributed by atoms with Crippen molar-refractivity contribution in [1.29, 1.82) is 0 Å². The molecule has 3 aromatic rings. The Bertz CT molecular complexity index is 862. The molecule has 0 amide bonds. The van der Waals surface area contributed by atoms with Crippen LogP contribution in [0.1, 0.15) is 0 Å². The molecule has 0 aliphatic heterocycles. The van der Waals surface area contributed by atoms with Gasteiger partial charge in [-0.25, -0.2) is 9.07 Å². The molecule has 0 fully saturated rings. The molecule has 124 valence electrons. The van der Waals surface area contributed by atoms with E-state index in [0.29, 0.717) is 28.8 Å². The third-order valence-corrected chi connectivity index (χ3v) is 4.06. The molecule has 0 radical (unpaired) electrons. The van der Waals surface area contributed by atoms with Crippen molar-refractivity contribution in [3.8, 4) is 11.4 Å². The van der Waals surface area contributed by atoms with Gasteiger partial charge in [0.2, 0.25) is 5.16 Å². The summed E-state index contributed by atoms with van der Waals surface area (Å²) in [5, 5.41) is 22.9. The van der Waals surface area contributed by atoms with E-state index in [4.69, 9.17) is 5.84 Å². The minimum absolute atomic E-state index is 0.194. The van der Waals surface area contributed by atoms with Crippen LogP contribution in [-0.4, -0.2) is 35.3 Å².